The van der Waals surface area contributed by atoms with E-state index in [-0.39, 0.29) is 17.6 Å². The molecule has 1 amide bonds. The fourth-order valence-corrected chi connectivity index (χ4v) is 3.10. The smallest absolute Gasteiger partial charge is 0.364 e. The van der Waals surface area contributed by atoms with Crippen molar-refractivity contribution >= 4 is 17.7 Å². The average molecular weight is 391 g/mol. The minimum Gasteiger partial charge on any atom is -0.477 e. The van der Waals surface area contributed by atoms with Gasteiger partial charge in [0.25, 0.3) is 11.7 Å². The molecular weight excluding hydrogens is 362 g/mol. The predicted molar refractivity (Wildman–Crippen MR) is 103 cm³/mol. The van der Waals surface area contributed by atoms with Gasteiger partial charge in [-0.05, 0) is 31.9 Å². The normalized spacial score (nSPS) is 23.0. The SMILES string of the molecule is CC(=O)C(CCCCC[C@H]1CO[C@@](C)(C(=O)O)OC1)NC(=O)c1ccccc1. The average Bonchev–Trinajstić information content (AvgIpc) is 2.68. The second-order valence-corrected chi connectivity index (χ2v) is 7.38. The molecule has 1 saturated heterocycles. The highest BCUT2D eigenvalue weighted by Crippen LogP contribution is 2.24. The van der Waals surface area contributed by atoms with Crippen LogP contribution in [-0.4, -0.2) is 47.8 Å². The molecule has 0 aliphatic carbocycles. The number of hydrogen-bond acceptors (Lipinski definition) is 5. The number of ketones is 1. The molecule has 154 valence electrons. The number of rotatable bonds is 10. The summed E-state index contributed by atoms with van der Waals surface area (Å²) < 4.78 is 10.7. The van der Waals surface area contributed by atoms with E-state index >= 15 is 0 Å². The van der Waals surface area contributed by atoms with E-state index in [0.29, 0.717) is 25.2 Å². The van der Waals surface area contributed by atoms with Gasteiger partial charge in [0, 0.05) is 18.4 Å². The molecule has 1 aliphatic rings. The lowest BCUT2D eigenvalue weighted by molar-refractivity contribution is -0.271. The summed E-state index contributed by atoms with van der Waals surface area (Å²) in [6.45, 7) is 3.64. The number of ether oxygens (including phenoxy) is 2. The first-order valence-corrected chi connectivity index (χ1v) is 9.69. The molecule has 1 aliphatic heterocycles. The van der Waals surface area contributed by atoms with Gasteiger partial charge in [-0.25, -0.2) is 4.79 Å². The Morgan fingerprint density at radius 2 is 1.79 bits per heavy atom. The standard InChI is InChI=1S/C21H29NO6/c1-15(23)18(22-19(24)17-10-6-4-7-11-17)12-8-3-5-9-16-13-27-21(2,20(25)26)28-14-16/h4,6-7,10-11,16,18H,3,5,8-9,12-14H2,1-2H3,(H,22,24)(H,25,26)/t16-,18?,21+. The number of carboxylic acid groups (broad SMARTS) is 1. The van der Waals surface area contributed by atoms with E-state index in [1.807, 2.05) is 6.07 Å². The number of aliphatic carboxylic acids is 1. The fraction of sp³-hybridized carbons (Fsp3) is 0.571. The Kier molecular flexibility index (Phi) is 8.14. The van der Waals surface area contributed by atoms with Gasteiger partial charge < -0.3 is 19.9 Å². The number of carbonyl (C=O) groups is 3. The number of nitrogens with one attached hydrogen (secondary N) is 1. The summed E-state index contributed by atoms with van der Waals surface area (Å²) in [6, 6.07) is 8.37. The maximum absolute atomic E-state index is 12.2. The van der Waals surface area contributed by atoms with Crippen LogP contribution >= 0.6 is 0 Å². The van der Waals surface area contributed by atoms with E-state index in [2.05, 4.69) is 5.32 Å². The Hall–Kier alpha value is -2.25. The third-order valence-electron chi connectivity index (χ3n) is 5.01. The summed E-state index contributed by atoms with van der Waals surface area (Å²) in [5.41, 5.74) is 0.541. The largest absolute Gasteiger partial charge is 0.477 e. The lowest BCUT2D eigenvalue weighted by Crippen LogP contribution is -2.47. The molecule has 2 rings (SSSR count). The van der Waals surface area contributed by atoms with Gasteiger partial charge in [0.05, 0.1) is 19.3 Å². The van der Waals surface area contributed by atoms with E-state index in [1.165, 1.54) is 13.8 Å². The number of carbonyl (C=O) groups excluding carboxylic acids is 2. The second-order valence-electron chi connectivity index (χ2n) is 7.38. The first kappa shape index (κ1) is 22.0. The van der Waals surface area contributed by atoms with E-state index in [1.54, 1.807) is 24.3 Å². The highest BCUT2D eigenvalue weighted by Gasteiger charge is 2.40. The highest BCUT2D eigenvalue weighted by atomic mass is 16.7. The Morgan fingerprint density at radius 1 is 1.14 bits per heavy atom. The summed E-state index contributed by atoms with van der Waals surface area (Å²) in [7, 11) is 0. The lowest BCUT2D eigenvalue weighted by Gasteiger charge is -2.34. The Balaban J connectivity index is 1.66. The van der Waals surface area contributed by atoms with E-state index in [9.17, 15) is 14.4 Å². The third kappa shape index (κ3) is 6.42. The molecule has 0 saturated carbocycles. The van der Waals surface area contributed by atoms with Crippen LogP contribution < -0.4 is 5.32 Å². The van der Waals surface area contributed by atoms with Crippen molar-refractivity contribution in [3.05, 3.63) is 35.9 Å². The Bertz CT molecular complexity index is 667. The van der Waals surface area contributed by atoms with Gasteiger partial charge in [-0.3, -0.25) is 9.59 Å². The lowest BCUT2D eigenvalue weighted by atomic mass is 9.99. The molecule has 1 aromatic carbocycles. The molecule has 1 atom stereocenters. The van der Waals surface area contributed by atoms with Crippen molar-refractivity contribution in [3.63, 3.8) is 0 Å². The van der Waals surface area contributed by atoms with Crippen LogP contribution in [0.2, 0.25) is 0 Å². The topological polar surface area (TPSA) is 102 Å². The minimum absolute atomic E-state index is 0.0497. The number of amides is 1. The van der Waals surface area contributed by atoms with Crippen molar-refractivity contribution in [3.8, 4) is 0 Å². The van der Waals surface area contributed by atoms with Gasteiger partial charge in [0.2, 0.25) is 0 Å². The zero-order chi connectivity index (χ0) is 20.6. The summed E-state index contributed by atoms with van der Waals surface area (Å²) in [4.78, 5) is 35.1. The molecule has 28 heavy (non-hydrogen) atoms. The number of Topliss-reactive ketones (excluding diaryl/α,β-unsaturated/α-hetero) is 1. The quantitative estimate of drug-likeness (QED) is 0.595. The van der Waals surface area contributed by atoms with Crippen LogP contribution in [0, 0.1) is 5.92 Å². The van der Waals surface area contributed by atoms with Gasteiger partial charge >= 0.3 is 5.97 Å². The molecule has 7 heteroatoms. The van der Waals surface area contributed by atoms with Crippen LogP contribution in [0.1, 0.15) is 56.3 Å². The molecule has 1 aromatic rings. The predicted octanol–water partition coefficient (Wildman–Crippen LogP) is 2.79. The molecule has 0 aromatic heterocycles. The second kappa shape index (κ2) is 10.3. The van der Waals surface area contributed by atoms with E-state index < -0.39 is 17.8 Å². The molecule has 0 spiro atoms. The van der Waals surface area contributed by atoms with E-state index in [0.717, 1.165) is 25.7 Å². The summed E-state index contributed by atoms with van der Waals surface area (Å²) in [6.07, 6.45) is 4.14. The minimum atomic E-state index is -1.54. The van der Waals surface area contributed by atoms with Crippen LogP contribution in [0.25, 0.3) is 0 Å². The van der Waals surface area contributed by atoms with Crippen molar-refractivity contribution < 1.29 is 29.0 Å². The number of benzene rings is 1. The summed E-state index contributed by atoms with van der Waals surface area (Å²) in [5.74, 6) is -2.76. The van der Waals surface area contributed by atoms with Crippen LogP contribution in [0.15, 0.2) is 30.3 Å². The van der Waals surface area contributed by atoms with Crippen LogP contribution in [-0.2, 0) is 19.1 Å². The first-order valence-electron chi connectivity index (χ1n) is 9.69. The molecule has 1 fully saturated rings. The zero-order valence-corrected chi connectivity index (χ0v) is 16.5. The van der Waals surface area contributed by atoms with Crippen molar-refractivity contribution in [2.24, 2.45) is 5.92 Å². The molecule has 1 unspecified atom stereocenters. The van der Waals surface area contributed by atoms with Gasteiger partial charge in [-0.15, -0.1) is 0 Å². The van der Waals surface area contributed by atoms with Gasteiger partial charge in [-0.1, -0.05) is 37.5 Å². The van der Waals surface area contributed by atoms with Crippen LogP contribution in [0.3, 0.4) is 0 Å². The highest BCUT2D eigenvalue weighted by molar-refractivity contribution is 5.97. The zero-order valence-electron chi connectivity index (χ0n) is 16.5. The summed E-state index contributed by atoms with van der Waals surface area (Å²) in [5, 5.41) is 11.9. The van der Waals surface area contributed by atoms with Crippen LogP contribution in [0.4, 0.5) is 0 Å². The van der Waals surface area contributed by atoms with Crippen molar-refractivity contribution in [2.75, 3.05) is 13.2 Å². The van der Waals surface area contributed by atoms with Crippen molar-refractivity contribution in [2.45, 2.75) is 57.8 Å². The Morgan fingerprint density at radius 3 is 2.36 bits per heavy atom. The molecule has 2 N–H and O–H groups in total. The van der Waals surface area contributed by atoms with Crippen molar-refractivity contribution in [1.82, 2.24) is 5.32 Å². The Labute approximate surface area is 165 Å². The van der Waals surface area contributed by atoms with Crippen molar-refractivity contribution in [1.29, 1.82) is 0 Å². The maximum Gasteiger partial charge on any atom is 0.364 e. The van der Waals surface area contributed by atoms with Crippen LogP contribution in [0.5, 0.6) is 0 Å². The number of unbranched alkanes of at least 4 members (excludes halogenated alkanes) is 2. The number of hydrogen-bond donors (Lipinski definition) is 2. The number of carboxylic acids is 1. The molecule has 0 bridgehead atoms. The maximum atomic E-state index is 12.2. The van der Waals surface area contributed by atoms with Gasteiger partial charge in [-0.2, -0.15) is 0 Å². The molecule has 1 heterocycles. The third-order valence-corrected chi connectivity index (χ3v) is 5.01. The molecule has 7 nitrogen and oxygen atoms in total. The molecular formula is C21H29NO6. The first-order chi connectivity index (χ1) is 13.3. The molecule has 0 radical (unpaired) electrons. The van der Waals surface area contributed by atoms with E-state index in [4.69, 9.17) is 14.6 Å². The summed E-state index contributed by atoms with van der Waals surface area (Å²) >= 11 is 0. The fourth-order valence-electron chi connectivity index (χ4n) is 3.10. The van der Waals surface area contributed by atoms with Gasteiger partial charge in [0.15, 0.2) is 5.78 Å². The monoisotopic (exact) mass is 391 g/mol. The van der Waals surface area contributed by atoms with Gasteiger partial charge in [0.1, 0.15) is 0 Å².